The summed E-state index contributed by atoms with van der Waals surface area (Å²) >= 11 is 0. The van der Waals surface area contributed by atoms with Gasteiger partial charge in [-0.05, 0) is 40.3 Å². The number of hydrogen-bond donors (Lipinski definition) is 3. The predicted molar refractivity (Wildman–Crippen MR) is 129 cm³/mol. The van der Waals surface area contributed by atoms with Gasteiger partial charge < -0.3 is 24.9 Å². The van der Waals surface area contributed by atoms with Gasteiger partial charge in [0.25, 0.3) is 0 Å². The largest absolute Gasteiger partial charge is 0.475 e. The van der Waals surface area contributed by atoms with Crippen molar-refractivity contribution in [2.24, 2.45) is 5.92 Å². The highest BCUT2D eigenvalue weighted by molar-refractivity contribution is 5.86. The van der Waals surface area contributed by atoms with Crippen molar-refractivity contribution in [2.45, 2.75) is 38.8 Å². The van der Waals surface area contributed by atoms with Gasteiger partial charge in [-0.1, -0.05) is 68.8 Å². The second-order valence-electron chi connectivity index (χ2n) is 8.62. The molecule has 0 saturated carbocycles. The molecule has 1 aliphatic rings. The third kappa shape index (κ3) is 5.21. The van der Waals surface area contributed by atoms with Crippen LogP contribution in [0, 0.1) is 5.92 Å². The first kappa shape index (κ1) is 24.1. The number of rotatable bonds is 9. The molecule has 35 heavy (non-hydrogen) atoms. The van der Waals surface area contributed by atoms with Gasteiger partial charge >= 0.3 is 12.1 Å². The Morgan fingerprint density at radius 3 is 2.20 bits per heavy atom. The second-order valence-corrected chi connectivity index (χ2v) is 8.62. The summed E-state index contributed by atoms with van der Waals surface area (Å²) in [5.41, 5.74) is 4.49. The number of aromatic carboxylic acids is 1. The zero-order valence-corrected chi connectivity index (χ0v) is 19.6. The van der Waals surface area contributed by atoms with E-state index in [2.05, 4.69) is 22.8 Å². The number of benzene rings is 2. The molecule has 182 valence electrons. The van der Waals surface area contributed by atoms with Gasteiger partial charge in [-0.2, -0.15) is 0 Å². The summed E-state index contributed by atoms with van der Waals surface area (Å²) in [6.07, 6.45) is -0.00969. The Morgan fingerprint density at radius 1 is 1.00 bits per heavy atom. The smallest absolute Gasteiger partial charge is 0.407 e. The van der Waals surface area contributed by atoms with Crippen LogP contribution < -0.4 is 10.6 Å². The zero-order chi connectivity index (χ0) is 24.9. The Kier molecular flexibility index (Phi) is 7.19. The van der Waals surface area contributed by atoms with Crippen molar-refractivity contribution in [3.05, 3.63) is 83.3 Å². The summed E-state index contributed by atoms with van der Waals surface area (Å²) < 4.78 is 10.8. The molecule has 8 nitrogen and oxygen atoms in total. The molecule has 1 aromatic heterocycles. The minimum atomic E-state index is -1.18. The summed E-state index contributed by atoms with van der Waals surface area (Å²) in [6, 6.07) is 18.1. The van der Waals surface area contributed by atoms with E-state index in [0.29, 0.717) is 12.2 Å². The fraction of sp³-hybridized carbons (Fsp3) is 0.296. The molecule has 0 radical (unpaired) electrons. The van der Waals surface area contributed by atoms with Crippen LogP contribution in [-0.4, -0.2) is 35.7 Å². The van der Waals surface area contributed by atoms with Gasteiger partial charge in [-0.25, -0.2) is 9.59 Å². The molecule has 3 N–H and O–H groups in total. The van der Waals surface area contributed by atoms with Crippen molar-refractivity contribution in [3.8, 4) is 11.1 Å². The third-order valence-electron chi connectivity index (χ3n) is 6.42. The summed E-state index contributed by atoms with van der Waals surface area (Å²) in [4.78, 5) is 36.5. The lowest BCUT2D eigenvalue weighted by molar-refractivity contribution is -0.124. The molecule has 1 unspecified atom stereocenters. The maximum Gasteiger partial charge on any atom is 0.407 e. The van der Waals surface area contributed by atoms with E-state index in [1.807, 2.05) is 50.2 Å². The van der Waals surface area contributed by atoms with Gasteiger partial charge in [-0.15, -0.1) is 0 Å². The zero-order valence-electron chi connectivity index (χ0n) is 19.6. The fourth-order valence-corrected chi connectivity index (χ4v) is 4.34. The summed E-state index contributed by atoms with van der Waals surface area (Å²) in [5, 5.41) is 14.4. The van der Waals surface area contributed by atoms with E-state index in [0.717, 1.165) is 22.3 Å². The first-order valence-electron chi connectivity index (χ1n) is 11.6. The lowest BCUT2D eigenvalue weighted by Crippen LogP contribution is -2.50. The number of nitrogens with one attached hydrogen (secondary N) is 2. The Balaban J connectivity index is 1.38. The van der Waals surface area contributed by atoms with Crippen LogP contribution >= 0.6 is 0 Å². The molecule has 0 bridgehead atoms. The minimum Gasteiger partial charge on any atom is -0.475 e. The molecule has 1 aliphatic carbocycles. The number of amides is 2. The Morgan fingerprint density at radius 2 is 1.63 bits per heavy atom. The highest BCUT2D eigenvalue weighted by Crippen LogP contribution is 2.44. The van der Waals surface area contributed by atoms with Crippen LogP contribution in [0.3, 0.4) is 0 Å². The number of carboxylic acid groups (broad SMARTS) is 1. The monoisotopic (exact) mass is 476 g/mol. The van der Waals surface area contributed by atoms with Crippen molar-refractivity contribution >= 4 is 18.0 Å². The number of alkyl carbamates (subject to hydrolysis) is 1. The fourth-order valence-electron chi connectivity index (χ4n) is 4.34. The normalized spacial score (nSPS) is 13.9. The van der Waals surface area contributed by atoms with Crippen LogP contribution in [0.5, 0.6) is 0 Å². The minimum absolute atomic E-state index is 0.00537. The molecule has 3 aromatic rings. The number of fused-ring (bicyclic) bond motifs is 3. The molecule has 1 heterocycles. The standard InChI is InChI=1S/C27H28N2O6/c1-3-16(2)24(25(30)28-14-17-12-13-23(35-17)26(31)32)29-27(33)34-15-22-20-10-6-4-8-18(20)19-9-5-7-11-21(19)22/h4-13,16,22,24H,3,14-15H2,1-2H3,(H,28,30)(H,29,33)(H,31,32)/t16?,24-/m0/s1. The molecule has 0 saturated heterocycles. The van der Waals surface area contributed by atoms with E-state index in [9.17, 15) is 14.4 Å². The highest BCUT2D eigenvalue weighted by Gasteiger charge is 2.31. The third-order valence-corrected chi connectivity index (χ3v) is 6.42. The van der Waals surface area contributed by atoms with Gasteiger partial charge in [0, 0.05) is 5.92 Å². The molecule has 0 spiro atoms. The first-order chi connectivity index (χ1) is 16.9. The van der Waals surface area contributed by atoms with Crippen molar-refractivity contribution in [1.82, 2.24) is 10.6 Å². The van der Waals surface area contributed by atoms with Gasteiger partial charge in [0.15, 0.2) is 0 Å². The molecule has 2 amide bonds. The molecule has 2 aromatic carbocycles. The molecule has 0 aliphatic heterocycles. The average Bonchev–Trinajstić information content (AvgIpc) is 3.47. The van der Waals surface area contributed by atoms with Crippen LogP contribution in [0.1, 0.15) is 53.6 Å². The highest BCUT2D eigenvalue weighted by atomic mass is 16.5. The maximum atomic E-state index is 12.8. The Labute approximate surface area is 203 Å². The van der Waals surface area contributed by atoms with Crippen LogP contribution in [0.25, 0.3) is 11.1 Å². The second kappa shape index (κ2) is 10.5. The van der Waals surface area contributed by atoms with Crippen LogP contribution in [0.15, 0.2) is 65.1 Å². The van der Waals surface area contributed by atoms with E-state index >= 15 is 0 Å². The Bertz CT molecular complexity index is 1190. The van der Waals surface area contributed by atoms with Crippen molar-refractivity contribution < 1.29 is 28.6 Å². The van der Waals surface area contributed by atoms with E-state index < -0.39 is 24.0 Å². The molecule has 8 heteroatoms. The van der Waals surface area contributed by atoms with Crippen LogP contribution in [0.4, 0.5) is 4.79 Å². The van der Waals surface area contributed by atoms with Gasteiger partial charge in [-0.3, -0.25) is 4.79 Å². The predicted octanol–water partition coefficient (Wildman–Crippen LogP) is 4.55. The molecule has 4 rings (SSSR count). The number of carboxylic acids is 1. The number of carbonyl (C=O) groups is 3. The SMILES string of the molecule is CCC(C)[C@H](NC(=O)OCC1c2ccccc2-c2ccccc21)C(=O)NCc1ccc(C(=O)O)o1. The topological polar surface area (TPSA) is 118 Å². The first-order valence-corrected chi connectivity index (χ1v) is 11.6. The summed E-state index contributed by atoms with van der Waals surface area (Å²) in [6.45, 7) is 3.95. The lowest BCUT2D eigenvalue weighted by atomic mass is 9.98. The number of hydrogen-bond acceptors (Lipinski definition) is 5. The van der Waals surface area contributed by atoms with Crippen LogP contribution in [0.2, 0.25) is 0 Å². The van der Waals surface area contributed by atoms with Gasteiger partial charge in [0.2, 0.25) is 11.7 Å². The van der Waals surface area contributed by atoms with E-state index in [4.69, 9.17) is 14.3 Å². The average molecular weight is 477 g/mol. The van der Waals surface area contributed by atoms with E-state index in [1.54, 1.807) is 0 Å². The van der Waals surface area contributed by atoms with Gasteiger partial charge in [0.1, 0.15) is 18.4 Å². The van der Waals surface area contributed by atoms with Crippen molar-refractivity contribution in [3.63, 3.8) is 0 Å². The van der Waals surface area contributed by atoms with Crippen molar-refractivity contribution in [1.29, 1.82) is 0 Å². The summed E-state index contributed by atoms with van der Waals surface area (Å²) in [5.74, 6) is -1.71. The number of ether oxygens (including phenoxy) is 1. The number of furan rings is 1. The molecular formula is C27H28N2O6. The molecular weight excluding hydrogens is 448 g/mol. The lowest BCUT2D eigenvalue weighted by Gasteiger charge is -2.23. The van der Waals surface area contributed by atoms with Crippen LogP contribution in [-0.2, 0) is 16.1 Å². The Hall–Kier alpha value is -4.07. The maximum absolute atomic E-state index is 12.8. The van der Waals surface area contributed by atoms with E-state index in [1.165, 1.54) is 12.1 Å². The van der Waals surface area contributed by atoms with E-state index in [-0.39, 0.29) is 30.7 Å². The molecule has 2 atom stereocenters. The summed E-state index contributed by atoms with van der Waals surface area (Å²) in [7, 11) is 0. The van der Waals surface area contributed by atoms with Crippen molar-refractivity contribution in [2.75, 3.05) is 6.61 Å². The molecule has 0 fully saturated rings. The van der Waals surface area contributed by atoms with Gasteiger partial charge in [0.05, 0.1) is 6.54 Å². The number of carbonyl (C=O) groups excluding carboxylic acids is 2. The quantitative estimate of drug-likeness (QED) is 0.417.